The third-order valence-electron chi connectivity index (χ3n) is 2.51. The van der Waals surface area contributed by atoms with Crippen LogP contribution in [-0.4, -0.2) is 30.2 Å². The largest absolute Gasteiger partial charge is 0.396 e. The van der Waals surface area contributed by atoms with E-state index in [0.717, 1.165) is 12.8 Å². The van der Waals surface area contributed by atoms with Crippen molar-refractivity contribution < 1.29 is 9.90 Å². The van der Waals surface area contributed by atoms with Crippen LogP contribution >= 0.6 is 12.4 Å². The number of nitrogens with one attached hydrogen (secondary N) is 1. The molecule has 0 fully saturated rings. The minimum atomic E-state index is -0.416. The molecule has 16 heavy (non-hydrogen) atoms. The average Bonchev–Trinajstić information content (AvgIpc) is 2.22. The summed E-state index contributed by atoms with van der Waals surface area (Å²) in [6.45, 7) is 6.70. The third-order valence-corrected chi connectivity index (χ3v) is 2.51. The normalized spacial score (nSPS) is 14.1. The lowest BCUT2D eigenvalue weighted by molar-refractivity contribution is -0.123. The molecule has 0 saturated carbocycles. The summed E-state index contributed by atoms with van der Waals surface area (Å²) >= 11 is 0. The number of amides is 1. The first-order valence-electron chi connectivity index (χ1n) is 5.63. The number of carbonyl (C=O) groups excluding carboxylic acids is 1. The SMILES string of the molecule is CC(CO)CCCNC(=O)[C@@H](N)C(C)C.Cl. The van der Waals surface area contributed by atoms with Crippen LogP contribution in [0.3, 0.4) is 0 Å². The van der Waals surface area contributed by atoms with Gasteiger partial charge in [0.1, 0.15) is 0 Å². The fourth-order valence-corrected chi connectivity index (χ4v) is 1.17. The molecule has 1 amide bonds. The van der Waals surface area contributed by atoms with Crippen LogP contribution in [0.15, 0.2) is 0 Å². The second-order valence-electron chi connectivity index (χ2n) is 4.49. The standard InChI is InChI=1S/C11H24N2O2.ClH/c1-8(2)10(12)11(15)13-6-4-5-9(3)7-14;/h8-10,14H,4-7,12H2,1-3H3,(H,13,15);1H/t9?,10-;/m0./s1. The molecule has 4 nitrogen and oxygen atoms in total. The van der Waals surface area contributed by atoms with Gasteiger partial charge in [0.15, 0.2) is 0 Å². The minimum absolute atomic E-state index is 0. The highest BCUT2D eigenvalue weighted by Crippen LogP contribution is 2.03. The van der Waals surface area contributed by atoms with Gasteiger partial charge in [-0.05, 0) is 24.7 Å². The molecule has 0 aromatic heterocycles. The van der Waals surface area contributed by atoms with Gasteiger partial charge in [0, 0.05) is 13.2 Å². The molecule has 0 aromatic rings. The zero-order valence-corrected chi connectivity index (χ0v) is 11.2. The Morgan fingerprint density at radius 1 is 1.38 bits per heavy atom. The maximum atomic E-state index is 11.4. The maximum Gasteiger partial charge on any atom is 0.237 e. The first-order valence-corrected chi connectivity index (χ1v) is 5.63. The Hall–Kier alpha value is -0.320. The fourth-order valence-electron chi connectivity index (χ4n) is 1.17. The van der Waals surface area contributed by atoms with Crippen molar-refractivity contribution in [1.29, 1.82) is 0 Å². The van der Waals surface area contributed by atoms with Crippen LogP contribution in [0.1, 0.15) is 33.6 Å². The molecule has 1 unspecified atom stereocenters. The molecular formula is C11H25ClN2O2. The average molecular weight is 253 g/mol. The summed E-state index contributed by atoms with van der Waals surface area (Å²) in [5.41, 5.74) is 5.68. The highest BCUT2D eigenvalue weighted by atomic mass is 35.5. The van der Waals surface area contributed by atoms with E-state index in [1.165, 1.54) is 0 Å². The van der Waals surface area contributed by atoms with Gasteiger partial charge in [-0.2, -0.15) is 0 Å². The lowest BCUT2D eigenvalue weighted by Crippen LogP contribution is -2.44. The van der Waals surface area contributed by atoms with Crippen LogP contribution in [-0.2, 0) is 4.79 Å². The van der Waals surface area contributed by atoms with Crippen LogP contribution in [0, 0.1) is 11.8 Å². The summed E-state index contributed by atoms with van der Waals surface area (Å²) in [5, 5.41) is 11.6. The number of nitrogens with two attached hydrogens (primary N) is 1. The molecule has 0 saturated heterocycles. The van der Waals surface area contributed by atoms with Crippen molar-refractivity contribution in [3.63, 3.8) is 0 Å². The zero-order chi connectivity index (χ0) is 11.8. The molecule has 0 heterocycles. The predicted molar refractivity (Wildman–Crippen MR) is 68.6 cm³/mol. The van der Waals surface area contributed by atoms with Crippen LogP contribution in [0.5, 0.6) is 0 Å². The summed E-state index contributed by atoms with van der Waals surface area (Å²) in [5.74, 6) is 0.392. The van der Waals surface area contributed by atoms with Crippen molar-refractivity contribution >= 4 is 18.3 Å². The monoisotopic (exact) mass is 252 g/mol. The molecule has 0 aliphatic rings. The highest BCUT2D eigenvalue weighted by Gasteiger charge is 2.16. The fraction of sp³-hybridized carbons (Fsp3) is 0.909. The van der Waals surface area contributed by atoms with E-state index in [9.17, 15) is 4.79 Å². The second-order valence-corrected chi connectivity index (χ2v) is 4.49. The molecule has 0 aliphatic heterocycles. The molecule has 0 aromatic carbocycles. The summed E-state index contributed by atoms with van der Waals surface area (Å²) in [6, 6.07) is -0.416. The van der Waals surface area contributed by atoms with Crippen LogP contribution in [0.25, 0.3) is 0 Å². The van der Waals surface area contributed by atoms with E-state index in [-0.39, 0.29) is 30.8 Å². The molecule has 0 bridgehead atoms. The minimum Gasteiger partial charge on any atom is -0.396 e. The Balaban J connectivity index is 0. The van der Waals surface area contributed by atoms with Gasteiger partial charge in [0.2, 0.25) is 5.91 Å². The smallest absolute Gasteiger partial charge is 0.237 e. The van der Waals surface area contributed by atoms with Gasteiger partial charge < -0.3 is 16.2 Å². The van der Waals surface area contributed by atoms with Gasteiger partial charge in [0.25, 0.3) is 0 Å². The van der Waals surface area contributed by atoms with E-state index in [1.54, 1.807) is 0 Å². The summed E-state index contributed by atoms with van der Waals surface area (Å²) in [6.07, 6.45) is 1.81. The van der Waals surface area contributed by atoms with E-state index in [1.807, 2.05) is 20.8 Å². The molecule has 2 atom stereocenters. The summed E-state index contributed by atoms with van der Waals surface area (Å²) < 4.78 is 0. The number of halogens is 1. The van der Waals surface area contributed by atoms with E-state index < -0.39 is 6.04 Å². The maximum absolute atomic E-state index is 11.4. The number of hydrogen-bond donors (Lipinski definition) is 3. The molecule has 0 spiro atoms. The van der Waals surface area contributed by atoms with E-state index >= 15 is 0 Å². The lowest BCUT2D eigenvalue weighted by Gasteiger charge is -2.15. The van der Waals surface area contributed by atoms with E-state index in [2.05, 4.69) is 5.32 Å². The number of aliphatic hydroxyl groups excluding tert-OH is 1. The first-order chi connectivity index (χ1) is 6.99. The quantitative estimate of drug-likeness (QED) is 0.590. The van der Waals surface area contributed by atoms with E-state index in [0.29, 0.717) is 12.5 Å². The lowest BCUT2D eigenvalue weighted by atomic mass is 10.0. The third kappa shape index (κ3) is 7.91. The number of aliphatic hydroxyl groups is 1. The van der Waals surface area contributed by atoms with Gasteiger partial charge in [-0.1, -0.05) is 20.8 Å². The van der Waals surface area contributed by atoms with Gasteiger partial charge in [-0.15, -0.1) is 12.4 Å². The Kier molecular flexibility index (Phi) is 11.1. The van der Waals surface area contributed by atoms with Crippen molar-refractivity contribution in [3.8, 4) is 0 Å². The predicted octanol–water partition coefficient (Wildman–Crippen LogP) is 0.916. The molecular weight excluding hydrogens is 228 g/mol. The molecule has 5 heteroatoms. The van der Waals surface area contributed by atoms with Crippen LogP contribution < -0.4 is 11.1 Å². The first kappa shape index (κ1) is 18.1. The topological polar surface area (TPSA) is 75.3 Å². The Morgan fingerprint density at radius 2 is 1.94 bits per heavy atom. The molecule has 98 valence electrons. The van der Waals surface area contributed by atoms with Crippen molar-refractivity contribution in [2.45, 2.75) is 39.7 Å². The molecule has 4 N–H and O–H groups in total. The number of rotatable bonds is 7. The van der Waals surface area contributed by atoms with Crippen molar-refractivity contribution in [1.82, 2.24) is 5.32 Å². The summed E-state index contributed by atoms with van der Waals surface area (Å²) in [4.78, 5) is 11.4. The Bertz CT molecular complexity index is 189. The van der Waals surface area contributed by atoms with Crippen LogP contribution in [0.2, 0.25) is 0 Å². The Morgan fingerprint density at radius 3 is 2.38 bits per heavy atom. The second kappa shape index (κ2) is 9.87. The van der Waals surface area contributed by atoms with Crippen LogP contribution in [0.4, 0.5) is 0 Å². The highest BCUT2D eigenvalue weighted by molar-refractivity contribution is 5.85. The van der Waals surface area contributed by atoms with E-state index in [4.69, 9.17) is 10.8 Å². The van der Waals surface area contributed by atoms with Gasteiger partial charge in [-0.25, -0.2) is 0 Å². The molecule has 0 rings (SSSR count). The van der Waals surface area contributed by atoms with Crippen molar-refractivity contribution in [2.75, 3.05) is 13.2 Å². The van der Waals surface area contributed by atoms with Gasteiger partial charge in [-0.3, -0.25) is 4.79 Å². The Labute approximate surface area is 104 Å². The summed E-state index contributed by atoms with van der Waals surface area (Å²) in [7, 11) is 0. The molecule has 0 radical (unpaired) electrons. The zero-order valence-electron chi connectivity index (χ0n) is 10.4. The number of hydrogen-bond acceptors (Lipinski definition) is 3. The van der Waals surface area contributed by atoms with Crippen molar-refractivity contribution in [3.05, 3.63) is 0 Å². The van der Waals surface area contributed by atoms with Crippen molar-refractivity contribution in [2.24, 2.45) is 17.6 Å². The van der Waals surface area contributed by atoms with Gasteiger partial charge >= 0.3 is 0 Å². The number of carbonyl (C=O) groups is 1. The molecule has 0 aliphatic carbocycles. The van der Waals surface area contributed by atoms with Gasteiger partial charge in [0.05, 0.1) is 6.04 Å².